The van der Waals surface area contributed by atoms with Crippen LogP contribution in [0.2, 0.25) is 0 Å². The van der Waals surface area contributed by atoms with Crippen LogP contribution >= 0.6 is 0 Å². The smallest absolute Gasteiger partial charge is 0.399 e. The highest BCUT2D eigenvalue weighted by Gasteiger charge is 2.52. The van der Waals surface area contributed by atoms with E-state index in [1.54, 1.807) is 0 Å². The molecule has 0 N–H and O–H groups in total. The van der Waals surface area contributed by atoms with Crippen LogP contribution in [-0.2, 0) is 14.7 Å². The van der Waals surface area contributed by atoms with Crippen LogP contribution < -0.4 is 5.46 Å². The minimum atomic E-state index is -0.301. The lowest BCUT2D eigenvalue weighted by atomic mass is 9.71. The Bertz CT molecular complexity index is 578. The minimum absolute atomic E-state index is 0.138. The summed E-state index contributed by atoms with van der Waals surface area (Å²) in [5, 5.41) is 0. The molecule has 0 spiro atoms. The van der Waals surface area contributed by atoms with Gasteiger partial charge in [0.1, 0.15) is 0 Å². The van der Waals surface area contributed by atoms with E-state index >= 15 is 0 Å². The highest BCUT2D eigenvalue weighted by atomic mass is 16.7. The van der Waals surface area contributed by atoms with E-state index in [9.17, 15) is 0 Å². The van der Waals surface area contributed by atoms with Gasteiger partial charge in [-0.05, 0) is 62.5 Å². The summed E-state index contributed by atoms with van der Waals surface area (Å²) in [6.07, 6.45) is 0. The summed E-state index contributed by atoms with van der Waals surface area (Å²) in [7, 11) is -0.286. The molecule has 23 heavy (non-hydrogen) atoms. The molecule has 1 fully saturated rings. The van der Waals surface area contributed by atoms with Crippen LogP contribution in [0.4, 0.5) is 0 Å². The normalized spacial score (nSPS) is 20.4. The van der Waals surface area contributed by atoms with Crippen molar-refractivity contribution in [3.63, 3.8) is 0 Å². The molecule has 0 radical (unpaired) electrons. The number of benzene rings is 1. The van der Waals surface area contributed by atoms with Gasteiger partial charge in [0.15, 0.2) is 0 Å². The van der Waals surface area contributed by atoms with Crippen LogP contribution in [-0.4, -0.2) is 18.3 Å². The fraction of sp³-hybridized carbons (Fsp3) is 0.700. The Morgan fingerprint density at radius 1 is 0.957 bits per heavy atom. The van der Waals surface area contributed by atoms with Crippen molar-refractivity contribution in [1.82, 2.24) is 0 Å². The van der Waals surface area contributed by atoms with Gasteiger partial charge in [-0.3, -0.25) is 0 Å². The van der Waals surface area contributed by atoms with Crippen molar-refractivity contribution in [2.75, 3.05) is 0 Å². The zero-order valence-corrected chi connectivity index (χ0v) is 16.6. The summed E-state index contributed by atoms with van der Waals surface area (Å²) in [6, 6.07) is 4.64. The van der Waals surface area contributed by atoms with Gasteiger partial charge in [0, 0.05) is 0 Å². The Kier molecular flexibility index (Phi) is 4.54. The van der Waals surface area contributed by atoms with E-state index in [4.69, 9.17) is 9.31 Å². The zero-order valence-electron chi connectivity index (χ0n) is 16.6. The number of hydrogen-bond donors (Lipinski definition) is 0. The first kappa shape index (κ1) is 18.5. The van der Waals surface area contributed by atoms with Crippen LogP contribution in [0.25, 0.3) is 0 Å². The van der Waals surface area contributed by atoms with E-state index in [0.29, 0.717) is 5.92 Å². The molecule has 1 saturated heterocycles. The van der Waals surface area contributed by atoms with E-state index in [0.717, 1.165) is 0 Å². The van der Waals surface area contributed by atoms with Crippen molar-refractivity contribution in [3.8, 4) is 0 Å². The van der Waals surface area contributed by atoms with Crippen molar-refractivity contribution in [2.45, 2.75) is 91.8 Å². The maximum atomic E-state index is 6.27. The Labute approximate surface area is 143 Å². The van der Waals surface area contributed by atoms with E-state index in [1.165, 1.54) is 22.2 Å². The van der Waals surface area contributed by atoms with Gasteiger partial charge in [0.25, 0.3) is 0 Å². The van der Waals surface area contributed by atoms with Crippen molar-refractivity contribution < 1.29 is 9.31 Å². The highest BCUT2D eigenvalue weighted by Crippen LogP contribution is 2.38. The van der Waals surface area contributed by atoms with Crippen LogP contribution in [0.5, 0.6) is 0 Å². The Morgan fingerprint density at radius 2 is 1.43 bits per heavy atom. The van der Waals surface area contributed by atoms with Crippen molar-refractivity contribution in [1.29, 1.82) is 0 Å². The first-order valence-corrected chi connectivity index (χ1v) is 8.77. The lowest BCUT2D eigenvalue weighted by Gasteiger charge is -2.32. The summed E-state index contributed by atoms with van der Waals surface area (Å²) >= 11 is 0. The van der Waals surface area contributed by atoms with Gasteiger partial charge in [-0.1, -0.05) is 52.3 Å². The van der Waals surface area contributed by atoms with Gasteiger partial charge >= 0.3 is 7.12 Å². The predicted molar refractivity (Wildman–Crippen MR) is 99.7 cm³/mol. The Balaban J connectivity index is 2.52. The average molecular weight is 316 g/mol. The third-order valence-corrected chi connectivity index (χ3v) is 5.38. The third-order valence-electron chi connectivity index (χ3n) is 5.38. The van der Waals surface area contributed by atoms with Crippen LogP contribution in [0.3, 0.4) is 0 Å². The summed E-state index contributed by atoms with van der Waals surface area (Å²) in [5.41, 5.74) is 4.77. The quantitative estimate of drug-likeness (QED) is 0.735. The van der Waals surface area contributed by atoms with Crippen LogP contribution in [0.15, 0.2) is 12.1 Å². The molecule has 0 unspecified atom stereocenters. The van der Waals surface area contributed by atoms with Gasteiger partial charge in [0.05, 0.1) is 11.2 Å². The van der Waals surface area contributed by atoms with E-state index < -0.39 is 0 Å². The first-order valence-electron chi connectivity index (χ1n) is 8.77. The minimum Gasteiger partial charge on any atom is -0.399 e. The second-order valence-corrected chi connectivity index (χ2v) is 9.29. The molecule has 128 valence electrons. The van der Waals surface area contributed by atoms with Crippen molar-refractivity contribution in [3.05, 3.63) is 28.8 Å². The molecule has 0 amide bonds. The fourth-order valence-corrected chi connectivity index (χ4v) is 3.09. The summed E-state index contributed by atoms with van der Waals surface area (Å²) in [5.74, 6) is 0.478. The number of hydrogen-bond acceptors (Lipinski definition) is 2. The van der Waals surface area contributed by atoms with Crippen molar-refractivity contribution in [2.24, 2.45) is 0 Å². The number of rotatable bonds is 2. The summed E-state index contributed by atoms with van der Waals surface area (Å²) < 4.78 is 12.5. The number of aryl methyl sites for hydroxylation is 1. The van der Waals surface area contributed by atoms with E-state index in [1.807, 2.05) is 0 Å². The lowest BCUT2D eigenvalue weighted by Crippen LogP contribution is -2.41. The van der Waals surface area contributed by atoms with E-state index in [-0.39, 0.29) is 23.7 Å². The molecular formula is C20H33BO2. The largest absolute Gasteiger partial charge is 0.495 e. The zero-order chi connectivity index (χ0) is 17.8. The highest BCUT2D eigenvalue weighted by molar-refractivity contribution is 6.62. The second-order valence-electron chi connectivity index (χ2n) is 9.29. The van der Waals surface area contributed by atoms with Gasteiger partial charge < -0.3 is 9.31 Å². The Hall–Kier alpha value is -0.795. The molecule has 1 heterocycles. The molecular weight excluding hydrogens is 283 g/mol. The van der Waals surface area contributed by atoms with E-state index in [2.05, 4.69) is 81.4 Å². The monoisotopic (exact) mass is 316 g/mol. The maximum absolute atomic E-state index is 6.27. The predicted octanol–water partition coefficient (Wildman–Crippen LogP) is 4.72. The maximum Gasteiger partial charge on any atom is 0.495 e. The third kappa shape index (κ3) is 3.37. The average Bonchev–Trinajstić information content (AvgIpc) is 2.56. The molecule has 3 heteroatoms. The topological polar surface area (TPSA) is 18.5 Å². The molecule has 0 aliphatic carbocycles. The van der Waals surface area contributed by atoms with Gasteiger partial charge in [-0.2, -0.15) is 0 Å². The van der Waals surface area contributed by atoms with Gasteiger partial charge in [0.2, 0.25) is 0 Å². The molecule has 2 nitrogen and oxygen atoms in total. The van der Waals surface area contributed by atoms with Crippen LogP contribution in [0.1, 0.15) is 84.9 Å². The molecule has 1 aliphatic rings. The van der Waals surface area contributed by atoms with Gasteiger partial charge in [-0.25, -0.2) is 0 Å². The van der Waals surface area contributed by atoms with Crippen LogP contribution in [0, 0.1) is 6.92 Å². The second kappa shape index (κ2) is 5.63. The molecule has 0 atom stereocenters. The molecule has 0 bridgehead atoms. The van der Waals surface area contributed by atoms with Gasteiger partial charge in [-0.15, -0.1) is 0 Å². The Morgan fingerprint density at radius 3 is 1.83 bits per heavy atom. The van der Waals surface area contributed by atoms with Crippen molar-refractivity contribution >= 4 is 12.6 Å². The molecule has 1 aliphatic heterocycles. The fourth-order valence-electron chi connectivity index (χ4n) is 3.09. The molecule has 0 aromatic heterocycles. The molecule has 1 aromatic carbocycles. The first-order chi connectivity index (χ1) is 10.3. The molecule has 2 rings (SSSR count). The standard InChI is InChI=1S/C20H33BO2/c1-13(2)15-12-17(14(3)11-16(15)18(4,5)6)21-22-19(7,8)20(9,10)23-21/h11-13H,1-10H3. The summed E-state index contributed by atoms with van der Waals surface area (Å²) in [4.78, 5) is 0. The lowest BCUT2D eigenvalue weighted by molar-refractivity contribution is 0.00578. The molecule has 0 saturated carbocycles. The molecule has 1 aromatic rings. The SMILES string of the molecule is Cc1cc(C(C)(C)C)c(C(C)C)cc1B1OC(C)(C)C(C)(C)O1. The summed E-state index contributed by atoms with van der Waals surface area (Å²) in [6.45, 7) is 21.9.